The van der Waals surface area contributed by atoms with E-state index < -0.39 is 11.1 Å². The molecule has 4 aliphatic heterocycles. The van der Waals surface area contributed by atoms with Crippen molar-refractivity contribution in [3.63, 3.8) is 0 Å². The van der Waals surface area contributed by atoms with Gasteiger partial charge in [-0.2, -0.15) is 0 Å². The summed E-state index contributed by atoms with van der Waals surface area (Å²) in [4.78, 5) is 42.0. The number of rotatable bonds is 2. The summed E-state index contributed by atoms with van der Waals surface area (Å²) < 4.78 is 4.87. The summed E-state index contributed by atoms with van der Waals surface area (Å²) in [6, 6.07) is 0. The van der Waals surface area contributed by atoms with Crippen molar-refractivity contribution in [2.75, 3.05) is 20.7 Å². The summed E-state index contributed by atoms with van der Waals surface area (Å²) in [6.45, 7) is 5.00. The van der Waals surface area contributed by atoms with Crippen molar-refractivity contribution in [3.8, 4) is 0 Å². The van der Waals surface area contributed by atoms with Crippen LogP contribution in [0.15, 0.2) is 0 Å². The molecule has 4 saturated heterocycles. The monoisotopic (exact) mass is 334 g/mol. The van der Waals surface area contributed by atoms with E-state index in [9.17, 15) is 14.4 Å². The number of carbonyl (C=O) groups excluding carboxylic acids is 3. The predicted octanol–water partition coefficient (Wildman–Crippen LogP) is 1.19. The van der Waals surface area contributed by atoms with E-state index in [1.165, 1.54) is 7.11 Å². The van der Waals surface area contributed by atoms with Crippen molar-refractivity contribution in [2.24, 2.45) is 17.3 Å². The number of ether oxygens (including phenoxy) is 1. The van der Waals surface area contributed by atoms with E-state index in [2.05, 4.69) is 13.8 Å². The highest BCUT2D eigenvalue weighted by molar-refractivity contribution is 6.05. The van der Waals surface area contributed by atoms with Gasteiger partial charge in [-0.1, -0.05) is 13.8 Å². The molecular formula is C18H26N2O4. The van der Waals surface area contributed by atoms with Crippen molar-refractivity contribution in [2.45, 2.75) is 57.0 Å². The van der Waals surface area contributed by atoms with Crippen LogP contribution in [0.25, 0.3) is 0 Å². The molecule has 5 fully saturated rings. The van der Waals surface area contributed by atoms with Crippen LogP contribution in [0.4, 0.5) is 0 Å². The predicted molar refractivity (Wildman–Crippen MR) is 85.8 cm³/mol. The molecule has 132 valence electrons. The number of piperazine rings is 1. The fraction of sp³-hybridized carbons (Fsp3) is 0.833. The van der Waals surface area contributed by atoms with Crippen LogP contribution in [0.2, 0.25) is 0 Å². The van der Waals surface area contributed by atoms with Gasteiger partial charge in [0, 0.05) is 20.0 Å². The fourth-order valence-electron chi connectivity index (χ4n) is 6.24. The lowest BCUT2D eigenvalue weighted by molar-refractivity contribution is -0.195. The minimum Gasteiger partial charge on any atom is -0.469 e. The Morgan fingerprint density at radius 2 is 1.96 bits per heavy atom. The van der Waals surface area contributed by atoms with Gasteiger partial charge in [-0.3, -0.25) is 14.4 Å². The zero-order chi connectivity index (χ0) is 17.5. The molecule has 6 nitrogen and oxygen atoms in total. The number of methoxy groups -OCH3 is 1. The van der Waals surface area contributed by atoms with Gasteiger partial charge in [0.2, 0.25) is 11.8 Å². The highest BCUT2D eigenvalue weighted by Gasteiger charge is 2.77. The van der Waals surface area contributed by atoms with Gasteiger partial charge in [-0.05, 0) is 42.9 Å². The first-order valence-corrected chi connectivity index (χ1v) is 8.89. The number of nitrogens with zero attached hydrogens (tertiary/aromatic N) is 2. The molecule has 6 heteroatoms. The molecule has 0 aromatic rings. The Labute approximate surface area is 142 Å². The van der Waals surface area contributed by atoms with Crippen LogP contribution in [0.1, 0.15) is 46.0 Å². The van der Waals surface area contributed by atoms with Gasteiger partial charge >= 0.3 is 5.97 Å². The largest absolute Gasteiger partial charge is 0.469 e. The van der Waals surface area contributed by atoms with Crippen molar-refractivity contribution in [1.29, 1.82) is 0 Å². The smallest absolute Gasteiger partial charge is 0.305 e. The summed E-state index contributed by atoms with van der Waals surface area (Å²) in [5.74, 6) is 0.121. The van der Waals surface area contributed by atoms with Crippen molar-refractivity contribution in [1.82, 2.24) is 9.80 Å². The maximum atomic E-state index is 13.4. The Bertz CT molecular complexity index is 645. The van der Waals surface area contributed by atoms with Crippen LogP contribution in [-0.2, 0) is 19.1 Å². The van der Waals surface area contributed by atoms with Crippen LogP contribution in [0, 0.1) is 17.3 Å². The van der Waals surface area contributed by atoms with Gasteiger partial charge < -0.3 is 14.5 Å². The number of esters is 1. The summed E-state index contributed by atoms with van der Waals surface area (Å²) >= 11 is 0. The van der Waals surface area contributed by atoms with Crippen LogP contribution in [0.3, 0.4) is 0 Å². The average molecular weight is 334 g/mol. The van der Waals surface area contributed by atoms with Crippen molar-refractivity contribution in [3.05, 3.63) is 0 Å². The summed E-state index contributed by atoms with van der Waals surface area (Å²) in [6.07, 6.45) is 3.29. The molecule has 24 heavy (non-hydrogen) atoms. The van der Waals surface area contributed by atoms with E-state index in [4.69, 9.17) is 4.74 Å². The number of amides is 2. The molecule has 0 N–H and O–H groups in total. The van der Waals surface area contributed by atoms with Crippen LogP contribution in [-0.4, -0.2) is 59.4 Å². The molecule has 4 heterocycles. The zero-order valence-corrected chi connectivity index (χ0v) is 14.9. The SMILES string of the molecule is COC(=O)C[C@H]1C[C@@]23C(=O)N4CCC[C@@]4(C[C@@H]2C1(C)C)C(=O)N3C. The van der Waals surface area contributed by atoms with Crippen molar-refractivity contribution >= 4 is 17.8 Å². The molecule has 1 aliphatic carbocycles. The van der Waals surface area contributed by atoms with Crippen LogP contribution in [0.5, 0.6) is 0 Å². The van der Waals surface area contributed by atoms with E-state index >= 15 is 0 Å². The van der Waals surface area contributed by atoms with Gasteiger partial charge in [-0.15, -0.1) is 0 Å². The quantitative estimate of drug-likeness (QED) is 0.712. The first kappa shape index (κ1) is 15.9. The van der Waals surface area contributed by atoms with E-state index in [1.54, 1.807) is 11.9 Å². The molecule has 0 aromatic heterocycles. The third-order valence-corrected chi connectivity index (χ3v) is 7.67. The molecule has 4 atom stereocenters. The number of carbonyl (C=O) groups is 3. The lowest BCUT2D eigenvalue weighted by atomic mass is 9.60. The van der Waals surface area contributed by atoms with Gasteiger partial charge in [0.1, 0.15) is 11.1 Å². The first-order valence-electron chi connectivity index (χ1n) is 8.89. The minimum atomic E-state index is -0.772. The van der Waals surface area contributed by atoms with Gasteiger partial charge in [-0.25, -0.2) is 0 Å². The second kappa shape index (κ2) is 4.52. The highest BCUT2D eigenvalue weighted by atomic mass is 16.5. The highest BCUT2D eigenvalue weighted by Crippen LogP contribution is 2.66. The molecule has 1 saturated carbocycles. The number of fused-ring (bicyclic) bond motifs is 1. The molecule has 2 bridgehead atoms. The maximum absolute atomic E-state index is 13.4. The van der Waals surface area contributed by atoms with E-state index in [1.807, 2.05) is 4.90 Å². The van der Waals surface area contributed by atoms with E-state index in [-0.39, 0.29) is 35.0 Å². The number of hydrogen-bond donors (Lipinski definition) is 0. The fourth-order valence-corrected chi connectivity index (χ4v) is 6.24. The van der Waals surface area contributed by atoms with Crippen LogP contribution < -0.4 is 0 Å². The molecule has 2 amide bonds. The molecule has 0 aromatic carbocycles. The normalized spacial score (nSPS) is 42.3. The third kappa shape index (κ3) is 1.51. The van der Waals surface area contributed by atoms with Gasteiger partial charge in [0.15, 0.2) is 0 Å². The maximum Gasteiger partial charge on any atom is 0.305 e. The lowest BCUT2D eigenvalue weighted by Crippen LogP contribution is -2.81. The Kier molecular flexibility index (Phi) is 3.00. The standard InChI is InChI=1S/C18H26N2O4/c1-16(2)11(8-13(21)24-4)9-18-12(16)10-17(14(22)19(18)3)6-5-7-20(17)15(18)23/h11-12H,5-10H2,1-4H3/t11-,12+,17+,18-/m0/s1. The molecule has 0 radical (unpaired) electrons. The Morgan fingerprint density at radius 3 is 2.62 bits per heavy atom. The Morgan fingerprint density at radius 1 is 1.25 bits per heavy atom. The number of likely N-dealkylation sites (N-methyl/N-ethyl adjacent to an activating group) is 1. The summed E-state index contributed by atoms with van der Waals surface area (Å²) in [5, 5.41) is 0. The summed E-state index contributed by atoms with van der Waals surface area (Å²) in [7, 11) is 3.19. The molecular weight excluding hydrogens is 308 g/mol. The topological polar surface area (TPSA) is 66.9 Å². The summed E-state index contributed by atoms with van der Waals surface area (Å²) in [5.41, 5.74) is -1.58. The van der Waals surface area contributed by atoms with E-state index in [0.29, 0.717) is 19.4 Å². The van der Waals surface area contributed by atoms with E-state index in [0.717, 1.165) is 19.3 Å². The number of piperidine rings is 2. The molecule has 0 unspecified atom stereocenters. The second-order valence-corrected chi connectivity index (χ2v) is 8.64. The van der Waals surface area contributed by atoms with Crippen molar-refractivity contribution < 1.29 is 19.1 Å². The minimum absolute atomic E-state index is 0.0457. The van der Waals surface area contributed by atoms with Crippen LogP contribution >= 0.6 is 0 Å². The second-order valence-electron chi connectivity index (χ2n) is 8.64. The molecule has 2 spiro atoms. The van der Waals surface area contributed by atoms with Gasteiger partial charge in [0.05, 0.1) is 7.11 Å². The molecule has 5 aliphatic rings. The number of hydrogen-bond acceptors (Lipinski definition) is 4. The average Bonchev–Trinajstić information content (AvgIpc) is 3.06. The zero-order valence-electron chi connectivity index (χ0n) is 14.9. The molecule has 5 rings (SSSR count). The first-order chi connectivity index (χ1) is 11.2. The lowest BCUT2D eigenvalue weighted by Gasteiger charge is -2.62. The Hall–Kier alpha value is -1.59. The Balaban J connectivity index is 1.81. The van der Waals surface area contributed by atoms with Gasteiger partial charge in [0.25, 0.3) is 0 Å². The third-order valence-electron chi connectivity index (χ3n) is 7.67.